The molecule has 0 aliphatic heterocycles. The Kier molecular flexibility index (Phi) is 6.92. The van der Waals surface area contributed by atoms with Gasteiger partial charge in [-0.05, 0) is 29.7 Å². The number of nitrogens with zero attached hydrogens (tertiary/aromatic N) is 1. The molecule has 0 unspecified atom stereocenters. The van der Waals surface area contributed by atoms with Crippen LogP contribution in [0.3, 0.4) is 0 Å². The summed E-state index contributed by atoms with van der Waals surface area (Å²) >= 11 is 1.29. The Morgan fingerprint density at radius 1 is 1.20 bits per heavy atom. The highest BCUT2D eigenvalue weighted by Gasteiger charge is 2.28. The number of anilines is 2. The molecule has 8 heteroatoms. The van der Waals surface area contributed by atoms with E-state index in [9.17, 15) is 9.59 Å². The van der Waals surface area contributed by atoms with E-state index in [2.05, 4.69) is 10.3 Å². The number of carbonyl (C=O) groups is 2. The van der Waals surface area contributed by atoms with Crippen LogP contribution in [0.5, 0.6) is 0 Å². The summed E-state index contributed by atoms with van der Waals surface area (Å²) in [6, 6.07) is 16.5. The highest BCUT2D eigenvalue weighted by molar-refractivity contribution is 7.19. The number of ether oxygens (including phenoxy) is 1. The van der Waals surface area contributed by atoms with Crippen LogP contribution in [0, 0.1) is 11.3 Å². The first kappa shape index (κ1) is 21.2. The number of rotatable bonds is 8. The maximum absolute atomic E-state index is 12.7. The van der Waals surface area contributed by atoms with Crippen molar-refractivity contribution < 1.29 is 14.3 Å². The lowest BCUT2D eigenvalue weighted by molar-refractivity contribution is -0.137. The molecule has 0 saturated carbocycles. The van der Waals surface area contributed by atoms with Gasteiger partial charge < -0.3 is 15.8 Å². The van der Waals surface area contributed by atoms with Gasteiger partial charge in [-0.1, -0.05) is 60.7 Å². The Morgan fingerprint density at radius 2 is 1.97 bits per heavy atom. The summed E-state index contributed by atoms with van der Waals surface area (Å²) in [5, 5.41) is 11.2. The van der Waals surface area contributed by atoms with Crippen LogP contribution in [0.15, 0.2) is 60.8 Å². The van der Waals surface area contributed by atoms with E-state index in [1.807, 2.05) is 48.5 Å². The molecule has 0 aliphatic rings. The minimum Gasteiger partial charge on any atom is -0.456 e. The monoisotopic (exact) mass is 422 g/mol. The van der Waals surface area contributed by atoms with Crippen molar-refractivity contribution in [3.63, 3.8) is 0 Å². The Morgan fingerprint density at radius 3 is 2.67 bits per heavy atom. The van der Waals surface area contributed by atoms with Gasteiger partial charge in [0.05, 0.1) is 10.8 Å². The van der Waals surface area contributed by atoms with Gasteiger partial charge in [0.2, 0.25) is 5.91 Å². The van der Waals surface area contributed by atoms with Gasteiger partial charge in [0, 0.05) is 11.9 Å². The third kappa shape index (κ3) is 5.30. The first-order valence-corrected chi connectivity index (χ1v) is 10.2. The predicted octanol–water partition coefficient (Wildman–Crippen LogP) is 4.12. The molecule has 0 fully saturated rings. The van der Waals surface area contributed by atoms with Crippen LogP contribution < -0.4 is 11.1 Å². The first-order chi connectivity index (χ1) is 14.5. The molecule has 1 aromatic heterocycles. The number of nitrogen functional groups attached to an aromatic ring is 1. The summed E-state index contributed by atoms with van der Waals surface area (Å²) < 4.78 is 5.18. The zero-order chi connectivity index (χ0) is 21.5. The molecule has 0 aliphatic carbocycles. The molecule has 30 heavy (non-hydrogen) atoms. The zero-order valence-electron chi connectivity index (χ0n) is 16.4. The molecule has 1 atom stereocenters. The molecule has 0 bridgehead atoms. The summed E-state index contributed by atoms with van der Waals surface area (Å²) in [6.45, 7) is 1.79. The van der Waals surface area contributed by atoms with E-state index in [4.69, 9.17) is 15.9 Å². The predicted molar refractivity (Wildman–Crippen MR) is 118 cm³/mol. The minimum atomic E-state index is -0.923. The van der Waals surface area contributed by atoms with Crippen LogP contribution in [0.4, 0.5) is 10.8 Å². The number of thiazole rings is 1. The number of aromatic nitrogens is 1. The molecule has 3 rings (SSSR count). The fraction of sp³-hybridized carbons (Fsp3) is 0.182. The van der Waals surface area contributed by atoms with Crippen molar-refractivity contribution in [2.45, 2.75) is 20.0 Å². The second-order valence-corrected chi connectivity index (χ2v) is 7.61. The van der Waals surface area contributed by atoms with Gasteiger partial charge in [-0.15, -0.1) is 0 Å². The second kappa shape index (κ2) is 9.80. The van der Waals surface area contributed by atoms with E-state index in [1.54, 1.807) is 19.2 Å². The van der Waals surface area contributed by atoms with E-state index < -0.39 is 17.8 Å². The maximum atomic E-state index is 12.7. The van der Waals surface area contributed by atoms with E-state index in [0.29, 0.717) is 17.2 Å². The van der Waals surface area contributed by atoms with Gasteiger partial charge in [0.1, 0.15) is 12.3 Å². The number of hydrogen-bond acceptors (Lipinski definition) is 7. The highest BCUT2D eigenvalue weighted by atomic mass is 32.1. The largest absolute Gasteiger partial charge is 0.456 e. The lowest BCUT2D eigenvalue weighted by Gasteiger charge is -2.14. The van der Waals surface area contributed by atoms with Crippen molar-refractivity contribution >= 4 is 39.7 Å². The second-order valence-electron chi connectivity index (χ2n) is 6.58. The fourth-order valence-corrected chi connectivity index (χ4v) is 3.63. The van der Waals surface area contributed by atoms with E-state index in [0.717, 1.165) is 16.0 Å². The minimum absolute atomic E-state index is 0.0517. The van der Waals surface area contributed by atoms with Crippen LogP contribution in [0.25, 0.3) is 10.4 Å². The summed E-state index contributed by atoms with van der Waals surface area (Å²) in [5.41, 5.74) is 7.79. The van der Waals surface area contributed by atoms with Crippen molar-refractivity contribution in [3.8, 4) is 10.4 Å². The number of amides is 1. The Bertz CT molecular complexity index is 1050. The van der Waals surface area contributed by atoms with Crippen molar-refractivity contribution in [1.82, 2.24) is 4.98 Å². The Balaban J connectivity index is 1.61. The molecular weight excluding hydrogens is 400 g/mol. The first-order valence-electron chi connectivity index (χ1n) is 9.40. The molecule has 0 saturated heterocycles. The fourth-order valence-electron chi connectivity index (χ4n) is 2.81. The molecular formula is C22H22N4O3S. The number of benzene rings is 2. The zero-order valence-corrected chi connectivity index (χ0v) is 17.2. The van der Waals surface area contributed by atoms with Gasteiger partial charge in [0.15, 0.2) is 5.13 Å². The number of hydrogen-bond donors (Lipinski definition) is 3. The van der Waals surface area contributed by atoms with Crippen LogP contribution >= 0.6 is 11.3 Å². The average Bonchev–Trinajstić information content (AvgIpc) is 3.21. The molecule has 2 aromatic carbocycles. The van der Waals surface area contributed by atoms with E-state index >= 15 is 0 Å². The molecule has 1 amide bonds. The standard InChI is InChI=1S/C22H22N4O3S/c1-2-17(19(24)21(28)29-13-14-7-4-3-5-8-14)20(27)26-22-25-12-18(30-22)15-9-6-10-16(23)11-15/h3-12,17,24H,2,13,23H2,1H3,(H,25,26,27)/t17-/m0/s1. The lowest BCUT2D eigenvalue weighted by atomic mass is 9.99. The van der Waals surface area contributed by atoms with Crippen molar-refractivity contribution in [2.24, 2.45) is 5.92 Å². The SMILES string of the molecule is CC[C@@H](C(=N)C(=O)OCc1ccccc1)C(=O)Nc1ncc(-c2cccc(N)c2)s1. The highest BCUT2D eigenvalue weighted by Crippen LogP contribution is 2.30. The number of carbonyl (C=O) groups excluding carboxylic acids is 2. The smallest absolute Gasteiger partial charge is 0.353 e. The van der Waals surface area contributed by atoms with Crippen LogP contribution in [-0.2, 0) is 20.9 Å². The topological polar surface area (TPSA) is 118 Å². The number of nitrogens with two attached hydrogens (primary N) is 1. The van der Waals surface area contributed by atoms with Crippen molar-refractivity contribution in [2.75, 3.05) is 11.1 Å². The van der Waals surface area contributed by atoms with Gasteiger partial charge in [-0.3, -0.25) is 10.2 Å². The summed E-state index contributed by atoms with van der Waals surface area (Å²) in [6.07, 6.45) is 1.94. The quantitative estimate of drug-likeness (QED) is 0.287. The molecule has 0 spiro atoms. The third-order valence-corrected chi connectivity index (χ3v) is 5.37. The van der Waals surface area contributed by atoms with Crippen molar-refractivity contribution in [1.29, 1.82) is 5.41 Å². The lowest BCUT2D eigenvalue weighted by Crippen LogP contribution is -2.34. The summed E-state index contributed by atoms with van der Waals surface area (Å²) in [5.74, 6) is -2.19. The Hall–Kier alpha value is -3.52. The molecule has 7 nitrogen and oxygen atoms in total. The normalized spacial score (nSPS) is 11.5. The number of nitrogens with one attached hydrogen (secondary N) is 2. The van der Waals surface area contributed by atoms with Gasteiger partial charge in [0.25, 0.3) is 0 Å². The average molecular weight is 423 g/mol. The summed E-state index contributed by atoms with van der Waals surface area (Å²) in [7, 11) is 0. The van der Waals surface area contributed by atoms with Crippen LogP contribution in [0.1, 0.15) is 18.9 Å². The summed E-state index contributed by atoms with van der Waals surface area (Å²) in [4.78, 5) is 30.0. The van der Waals surface area contributed by atoms with Gasteiger partial charge >= 0.3 is 5.97 Å². The molecule has 1 heterocycles. The van der Waals surface area contributed by atoms with Crippen molar-refractivity contribution in [3.05, 3.63) is 66.4 Å². The van der Waals surface area contributed by atoms with Gasteiger partial charge in [-0.25, -0.2) is 9.78 Å². The number of esters is 1. The van der Waals surface area contributed by atoms with E-state index in [-0.39, 0.29) is 12.3 Å². The molecule has 3 aromatic rings. The van der Waals surface area contributed by atoms with Crippen LogP contribution in [0.2, 0.25) is 0 Å². The van der Waals surface area contributed by atoms with Gasteiger partial charge in [-0.2, -0.15) is 0 Å². The van der Waals surface area contributed by atoms with E-state index in [1.165, 1.54) is 11.3 Å². The molecule has 154 valence electrons. The maximum Gasteiger partial charge on any atom is 0.353 e. The molecule has 0 radical (unpaired) electrons. The molecule has 4 N–H and O–H groups in total. The Labute approximate surface area is 178 Å². The third-order valence-electron chi connectivity index (χ3n) is 4.41. The van der Waals surface area contributed by atoms with Crippen LogP contribution in [-0.4, -0.2) is 22.6 Å².